The SMILES string of the molecule is CC(=O)Nc1ccc(NC(=O)c2ccccc2Nc2cccc(C)c2C)cc1. The molecule has 28 heavy (non-hydrogen) atoms. The highest BCUT2D eigenvalue weighted by molar-refractivity contribution is 6.08. The van der Waals surface area contributed by atoms with E-state index >= 15 is 0 Å². The molecular formula is C23H23N3O2. The Kier molecular flexibility index (Phi) is 5.75. The molecule has 5 heteroatoms. The number of carbonyl (C=O) groups excluding carboxylic acids is 2. The van der Waals surface area contributed by atoms with Crippen molar-refractivity contribution in [3.05, 3.63) is 83.4 Å². The van der Waals surface area contributed by atoms with Gasteiger partial charge < -0.3 is 16.0 Å². The van der Waals surface area contributed by atoms with Crippen LogP contribution in [0.15, 0.2) is 66.7 Å². The summed E-state index contributed by atoms with van der Waals surface area (Å²) >= 11 is 0. The molecule has 0 bridgehead atoms. The van der Waals surface area contributed by atoms with Crippen molar-refractivity contribution in [2.75, 3.05) is 16.0 Å². The standard InChI is InChI=1S/C23H23N3O2/c1-15-7-6-10-21(16(15)2)26-22-9-5-4-8-20(22)23(28)25-19-13-11-18(12-14-19)24-17(3)27/h4-14,26H,1-3H3,(H,24,27)(H,25,28). The summed E-state index contributed by atoms with van der Waals surface area (Å²) in [6.45, 7) is 5.57. The first kappa shape index (κ1) is 19.2. The minimum absolute atomic E-state index is 0.136. The zero-order chi connectivity index (χ0) is 20.1. The Hall–Kier alpha value is -3.60. The molecule has 5 nitrogen and oxygen atoms in total. The van der Waals surface area contributed by atoms with Crippen LogP contribution in [0.3, 0.4) is 0 Å². The fourth-order valence-electron chi connectivity index (χ4n) is 2.86. The number of benzene rings is 3. The number of anilines is 4. The van der Waals surface area contributed by atoms with Crippen molar-refractivity contribution in [2.24, 2.45) is 0 Å². The van der Waals surface area contributed by atoms with E-state index in [9.17, 15) is 9.59 Å². The van der Waals surface area contributed by atoms with Gasteiger partial charge in [-0.25, -0.2) is 0 Å². The molecule has 0 atom stereocenters. The van der Waals surface area contributed by atoms with E-state index in [1.54, 1.807) is 30.3 Å². The van der Waals surface area contributed by atoms with Crippen molar-refractivity contribution in [3.63, 3.8) is 0 Å². The van der Waals surface area contributed by atoms with Gasteiger partial charge in [-0.3, -0.25) is 9.59 Å². The normalized spacial score (nSPS) is 10.2. The van der Waals surface area contributed by atoms with Crippen LogP contribution in [0.25, 0.3) is 0 Å². The lowest BCUT2D eigenvalue weighted by atomic mass is 10.1. The fraction of sp³-hybridized carbons (Fsp3) is 0.130. The van der Waals surface area contributed by atoms with Crippen molar-refractivity contribution < 1.29 is 9.59 Å². The van der Waals surface area contributed by atoms with Gasteiger partial charge >= 0.3 is 0 Å². The Balaban J connectivity index is 1.79. The molecule has 142 valence electrons. The maximum absolute atomic E-state index is 12.8. The number of amides is 2. The number of carbonyl (C=O) groups is 2. The summed E-state index contributed by atoms with van der Waals surface area (Å²) < 4.78 is 0. The van der Waals surface area contributed by atoms with Gasteiger partial charge in [0.2, 0.25) is 5.91 Å². The van der Waals surface area contributed by atoms with Gasteiger partial charge in [-0.1, -0.05) is 24.3 Å². The van der Waals surface area contributed by atoms with Crippen molar-refractivity contribution in [1.82, 2.24) is 0 Å². The van der Waals surface area contributed by atoms with Crippen LogP contribution in [0, 0.1) is 13.8 Å². The summed E-state index contributed by atoms with van der Waals surface area (Å²) in [5.74, 6) is -0.344. The van der Waals surface area contributed by atoms with Crippen LogP contribution in [-0.2, 0) is 4.79 Å². The van der Waals surface area contributed by atoms with Gasteiger partial charge in [-0.05, 0) is 67.4 Å². The molecule has 3 rings (SSSR count). The quantitative estimate of drug-likeness (QED) is 0.571. The summed E-state index contributed by atoms with van der Waals surface area (Å²) in [5, 5.41) is 8.97. The monoisotopic (exact) mass is 373 g/mol. The van der Waals surface area contributed by atoms with Gasteiger partial charge in [0.15, 0.2) is 0 Å². The number of rotatable bonds is 5. The van der Waals surface area contributed by atoms with Gasteiger partial charge in [-0.2, -0.15) is 0 Å². The molecule has 3 aromatic rings. The Morgan fingerprint density at radius 3 is 2.00 bits per heavy atom. The van der Waals surface area contributed by atoms with Crippen LogP contribution in [0.2, 0.25) is 0 Å². The topological polar surface area (TPSA) is 70.2 Å². The molecule has 0 aliphatic rings. The summed E-state index contributed by atoms with van der Waals surface area (Å²) in [6.07, 6.45) is 0. The van der Waals surface area contributed by atoms with Crippen LogP contribution in [0.1, 0.15) is 28.4 Å². The van der Waals surface area contributed by atoms with Gasteiger partial charge in [0.25, 0.3) is 5.91 Å². The van der Waals surface area contributed by atoms with E-state index in [0.717, 1.165) is 16.9 Å². The summed E-state index contributed by atoms with van der Waals surface area (Å²) in [7, 11) is 0. The van der Waals surface area contributed by atoms with Gasteiger partial charge in [0.1, 0.15) is 0 Å². The highest BCUT2D eigenvalue weighted by atomic mass is 16.2. The van der Waals surface area contributed by atoms with Crippen LogP contribution in [0.4, 0.5) is 22.7 Å². The first-order valence-electron chi connectivity index (χ1n) is 9.05. The van der Waals surface area contributed by atoms with Crippen molar-refractivity contribution in [1.29, 1.82) is 0 Å². The number of hydrogen-bond donors (Lipinski definition) is 3. The van der Waals surface area contributed by atoms with Crippen LogP contribution >= 0.6 is 0 Å². The zero-order valence-electron chi connectivity index (χ0n) is 16.2. The Labute approximate surface area is 164 Å². The Morgan fingerprint density at radius 1 is 0.714 bits per heavy atom. The van der Waals surface area contributed by atoms with Crippen molar-refractivity contribution in [2.45, 2.75) is 20.8 Å². The molecule has 0 spiro atoms. The van der Waals surface area contributed by atoms with Gasteiger partial charge in [0, 0.05) is 24.0 Å². The average molecular weight is 373 g/mol. The van der Waals surface area contributed by atoms with E-state index in [1.165, 1.54) is 12.5 Å². The maximum atomic E-state index is 12.8. The third-order valence-corrected chi connectivity index (χ3v) is 4.51. The lowest BCUT2D eigenvalue weighted by molar-refractivity contribution is -0.114. The summed E-state index contributed by atoms with van der Waals surface area (Å²) in [6, 6.07) is 20.5. The van der Waals surface area contributed by atoms with Gasteiger partial charge in [0.05, 0.1) is 11.3 Å². The molecule has 3 N–H and O–H groups in total. The highest BCUT2D eigenvalue weighted by Crippen LogP contribution is 2.26. The molecule has 0 radical (unpaired) electrons. The molecule has 0 aliphatic carbocycles. The maximum Gasteiger partial charge on any atom is 0.257 e. The summed E-state index contributed by atoms with van der Waals surface area (Å²) in [5.41, 5.74) is 5.93. The first-order chi connectivity index (χ1) is 13.4. The largest absolute Gasteiger partial charge is 0.355 e. The third kappa shape index (κ3) is 4.57. The molecule has 0 unspecified atom stereocenters. The van der Waals surface area contributed by atoms with Crippen molar-refractivity contribution in [3.8, 4) is 0 Å². The molecule has 0 saturated heterocycles. The number of nitrogens with one attached hydrogen (secondary N) is 3. The zero-order valence-corrected chi connectivity index (χ0v) is 16.2. The second-order valence-electron chi connectivity index (χ2n) is 6.63. The second kappa shape index (κ2) is 8.39. The van der Waals surface area contributed by atoms with Crippen LogP contribution in [-0.4, -0.2) is 11.8 Å². The Bertz CT molecular complexity index is 1010. The molecule has 0 aliphatic heterocycles. The molecule has 2 amide bonds. The molecular weight excluding hydrogens is 350 g/mol. The van der Waals surface area contributed by atoms with E-state index < -0.39 is 0 Å². The van der Waals surface area contributed by atoms with Crippen molar-refractivity contribution >= 4 is 34.6 Å². The van der Waals surface area contributed by atoms with Crippen LogP contribution < -0.4 is 16.0 Å². The van der Waals surface area contributed by atoms with Crippen LogP contribution in [0.5, 0.6) is 0 Å². The lowest BCUT2D eigenvalue weighted by Gasteiger charge is -2.15. The predicted molar refractivity (Wildman–Crippen MR) is 114 cm³/mol. The predicted octanol–water partition coefficient (Wildman–Crippen LogP) is 5.26. The minimum Gasteiger partial charge on any atom is -0.355 e. The van der Waals surface area contributed by atoms with E-state index in [4.69, 9.17) is 0 Å². The number of hydrogen-bond acceptors (Lipinski definition) is 3. The van der Waals surface area contributed by atoms with Gasteiger partial charge in [-0.15, -0.1) is 0 Å². The molecule has 0 fully saturated rings. The molecule has 3 aromatic carbocycles. The number of aryl methyl sites for hydroxylation is 1. The van der Waals surface area contributed by atoms with E-state index in [-0.39, 0.29) is 11.8 Å². The second-order valence-corrected chi connectivity index (χ2v) is 6.63. The number of para-hydroxylation sites is 1. The van der Waals surface area contributed by atoms with E-state index in [0.29, 0.717) is 16.9 Å². The lowest BCUT2D eigenvalue weighted by Crippen LogP contribution is -2.14. The molecule has 0 aromatic heterocycles. The third-order valence-electron chi connectivity index (χ3n) is 4.51. The van der Waals surface area contributed by atoms with E-state index in [2.05, 4.69) is 35.9 Å². The Morgan fingerprint density at radius 2 is 1.32 bits per heavy atom. The fourth-order valence-corrected chi connectivity index (χ4v) is 2.86. The molecule has 0 saturated carbocycles. The van der Waals surface area contributed by atoms with E-state index in [1.807, 2.05) is 30.3 Å². The smallest absolute Gasteiger partial charge is 0.257 e. The first-order valence-corrected chi connectivity index (χ1v) is 9.05. The average Bonchev–Trinajstić information content (AvgIpc) is 2.67. The highest BCUT2D eigenvalue weighted by Gasteiger charge is 2.12. The molecule has 0 heterocycles. The minimum atomic E-state index is -0.208. The summed E-state index contributed by atoms with van der Waals surface area (Å²) in [4.78, 5) is 23.9.